The first-order valence-corrected chi connectivity index (χ1v) is 5.97. The quantitative estimate of drug-likeness (QED) is 0.880. The topological polar surface area (TPSA) is 41.1 Å². The number of rotatable bonds is 4. The summed E-state index contributed by atoms with van der Waals surface area (Å²) in [4.78, 5) is 11.1. The van der Waals surface area contributed by atoms with E-state index in [9.17, 15) is 18.0 Å². The molecule has 0 aliphatic heterocycles. The number of amides is 1. The SMILES string of the molecule is O=C(CNc1ccc(Br)cc1Cl)NCC(F)(F)F. The van der Waals surface area contributed by atoms with Gasteiger partial charge >= 0.3 is 6.18 Å². The monoisotopic (exact) mass is 344 g/mol. The normalized spacial score (nSPS) is 11.2. The Labute approximate surface area is 115 Å². The Kier molecular flexibility index (Phi) is 5.28. The number of benzene rings is 1. The molecule has 0 unspecified atom stereocenters. The van der Waals surface area contributed by atoms with E-state index in [4.69, 9.17) is 11.6 Å². The second kappa shape index (κ2) is 6.29. The van der Waals surface area contributed by atoms with Gasteiger partial charge in [0.25, 0.3) is 0 Å². The molecule has 0 bridgehead atoms. The molecule has 1 aromatic carbocycles. The van der Waals surface area contributed by atoms with Gasteiger partial charge in [-0.25, -0.2) is 0 Å². The Morgan fingerprint density at radius 1 is 1.39 bits per heavy atom. The lowest BCUT2D eigenvalue weighted by Gasteiger charge is -2.10. The van der Waals surface area contributed by atoms with Gasteiger partial charge in [-0.15, -0.1) is 0 Å². The maximum atomic E-state index is 11.8. The first-order chi connectivity index (χ1) is 8.28. The predicted molar refractivity (Wildman–Crippen MR) is 66.7 cm³/mol. The molecule has 1 aromatic rings. The molecule has 1 amide bonds. The number of halogens is 5. The summed E-state index contributed by atoms with van der Waals surface area (Å²) in [7, 11) is 0. The summed E-state index contributed by atoms with van der Waals surface area (Å²) in [6.45, 7) is -1.63. The number of anilines is 1. The van der Waals surface area contributed by atoms with E-state index in [1.807, 2.05) is 0 Å². The predicted octanol–water partition coefficient (Wildman–Crippen LogP) is 3.19. The van der Waals surface area contributed by atoms with E-state index in [1.165, 1.54) is 0 Å². The molecule has 0 fully saturated rings. The third-order valence-electron chi connectivity index (χ3n) is 1.86. The van der Waals surface area contributed by atoms with Crippen LogP contribution in [-0.4, -0.2) is 25.2 Å². The van der Waals surface area contributed by atoms with Gasteiger partial charge in [0.05, 0.1) is 17.3 Å². The van der Waals surface area contributed by atoms with E-state index in [-0.39, 0.29) is 6.54 Å². The third-order valence-corrected chi connectivity index (χ3v) is 2.66. The van der Waals surface area contributed by atoms with Crippen LogP contribution in [0.15, 0.2) is 22.7 Å². The van der Waals surface area contributed by atoms with Crippen molar-refractivity contribution in [3.8, 4) is 0 Å². The van der Waals surface area contributed by atoms with Crippen molar-refractivity contribution in [1.82, 2.24) is 5.32 Å². The Bertz CT molecular complexity index is 440. The van der Waals surface area contributed by atoms with Crippen LogP contribution in [0.3, 0.4) is 0 Å². The number of carbonyl (C=O) groups is 1. The van der Waals surface area contributed by atoms with E-state index >= 15 is 0 Å². The molecule has 1 rings (SSSR count). The highest BCUT2D eigenvalue weighted by atomic mass is 79.9. The Hall–Kier alpha value is -0.950. The van der Waals surface area contributed by atoms with Crippen LogP contribution in [0, 0.1) is 0 Å². The van der Waals surface area contributed by atoms with E-state index in [2.05, 4.69) is 21.2 Å². The largest absolute Gasteiger partial charge is 0.405 e. The molecule has 0 radical (unpaired) electrons. The summed E-state index contributed by atoms with van der Waals surface area (Å²) >= 11 is 9.06. The van der Waals surface area contributed by atoms with Crippen LogP contribution in [0.1, 0.15) is 0 Å². The summed E-state index contributed by atoms with van der Waals surface area (Å²) in [6.07, 6.45) is -4.41. The molecule has 2 N–H and O–H groups in total. The molecule has 3 nitrogen and oxygen atoms in total. The van der Waals surface area contributed by atoms with Gasteiger partial charge in [0.15, 0.2) is 0 Å². The molecule has 0 heterocycles. The molecule has 0 aromatic heterocycles. The van der Waals surface area contributed by atoms with E-state index < -0.39 is 18.6 Å². The van der Waals surface area contributed by atoms with Crippen LogP contribution in [0.2, 0.25) is 5.02 Å². The lowest BCUT2D eigenvalue weighted by Crippen LogP contribution is -2.37. The zero-order valence-electron chi connectivity index (χ0n) is 8.94. The average Bonchev–Trinajstić information content (AvgIpc) is 2.24. The Morgan fingerprint density at radius 3 is 2.61 bits per heavy atom. The molecule has 0 saturated carbocycles. The van der Waals surface area contributed by atoms with E-state index in [0.717, 1.165) is 4.47 Å². The fourth-order valence-corrected chi connectivity index (χ4v) is 1.81. The van der Waals surface area contributed by atoms with Crippen LogP contribution in [0.25, 0.3) is 0 Å². The summed E-state index contributed by atoms with van der Waals surface area (Å²) in [5.74, 6) is -0.758. The van der Waals surface area contributed by atoms with Gasteiger partial charge in [-0.05, 0) is 18.2 Å². The van der Waals surface area contributed by atoms with Crippen LogP contribution in [0.5, 0.6) is 0 Å². The summed E-state index contributed by atoms with van der Waals surface area (Å²) in [6, 6.07) is 4.92. The third kappa shape index (κ3) is 5.59. The zero-order valence-corrected chi connectivity index (χ0v) is 11.3. The Morgan fingerprint density at radius 2 is 2.06 bits per heavy atom. The van der Waals surface area contributed by atoms with Crippen molar-refractivity contribution in [2.75, 3.05) is 18.4 Å². The van der Waals surface area contributed by atoms with E-state index in [0.29, 0.717) is 10.7 Å². The fourth-order valence-electron chi connectivity index (χ4n) is 1.07. The van der Waals surface area contributed by atoms with Crippen molar-refractivity contribution in [2.24, 2.45) is 0 Å². The van der Waals surface area contributed by atoms with Gasteiger partial charge < -0.3 is 10.6 Å². The molecule has 0 atom stereocenters. The summed E-state index contributed by atoms with van der Waals surface area (Å²) in [5, 5.41) is 4.76. The first kappa shape index (κ1) is 15.1. The highest BCUT2D eigenvalue weighted by Crippen LogP contribution is 2.25. The van der Waals surface area contributed by atoms with Gasteiger partial charge in [0.1, 0.15) is 6.54 Å². The maximum absolute atomic E-state index is 11.8. The molecule has 0 aliphatic carbocycles. The first-order valence-electron chi connectivity index (χ1n) is 4.80. The lowest BCUT2D eigenvalue weighted by atomic mass is 10.3. The molecule has 100 valence electrons. The molecule has 0 aliphatic rings. The van der Waals surface area contributed by atoms with Crippen LogP contribution in [0.4, 0.5) is 18.9 Å². The molecular weight excluding hydrogens is 336 g/mol. The van der Waals surface area contributed by atoms with Crippen molar-refractivity contribution in [3.05, 3.63) is 27.7 Å². The summed E-state index contributed by atoms with van der Waals surface area (Å²) in [5.41, 5.74) is 0.474. The number of hydrogen-bond acceptors (Lipinski definition) is 2. The van der Waals surface area contributed by atoms with Gasteiger partial charge in [-0.1, -0.05) is 27.5 Å². The molecule has 0 saturated heterocycles. The van der Waals surface area contributed by atoms with Crippen molar-refractivity contribution in [2.45, 2.75) is 6.18 Å². The standard InChI is InChI=1S/C10H9BrClF3N2O/c11-6-1-2-8(7(12)3-6)16-4-9(18)17-5-10(13,14)15/h1-3,16H,4-5H2,(H,17,18). The highest BCUT2D eigenvalue weighted by Gasteiger charge is 2.27. The van der Waals surface area contributed by atoms with Gasteiger partial charge in [-0.3, -0.25) is 4.79 Å². The Balaban J connectivity index is 2.43. The van der Waals surface area contributed by atoms with Gasteiger partial charge in [0, 0.05) is 4.47 Å². The number of carbonyl (C=O) groups excluding carboxylic acids is 1. The highest BCUT2D eigenvalue weighted by molar-refractivity contribution is 9.10. The number of hydrogen-bond donors (Lipinski definition) is 2. The molecule has 18 heavy (non-hydrogen) atoms. The average molecular weight is 346 g/mol. The van der Waals surface area contributed by atoms with Gasteiger partial charge in [-0.2, -0.15) is 13.2 Å². The van der Waals surface area contributed by atoms with Crippen molar-refractivity contribution < 1.29 is 18.0 Å². The maximum Gasteiger partial charge on any atom is 0.405 e. The fraction of sp³-hybridized carbons (Fsp3) is 0.300. The minimum absolute atomic E-state index is 0.280. The second-order valence-corrected chi connectivity index (χ2v) is 4.69. The van der Waals surface area contributed by atoms with Crippen LogP contribution >= 0.6 is 27.5 Å². The van der Waals surface area contributed by atoms with Crippen LogP contribution < -0.4 is 10.6 Å². The van der Waals surface area contributed by atoms with Crippen molar-refractivity contribution in [1.29, 1.82) is 0 Å². The lowest BCUT2D eigenvalue weighted by molar-refractivity contribution is -0.137. The van der Waals surface area contributed by atoms with E-state index in [1.54, 1.807) is 23.5 Å². The van der Waals surface area contributed by atoms with Crippen molar-refractivity contribution >= 4 is 39.1 Å². The molecular formula is C10H9BrClF3N2O. The minimum Gasteiger partial charge on any atom is -0.375 e. The van der Waals surface area contributed by atoms with Crippen LogP contribution in [-0.2, 0) is 4.79 Å². The summed E-state index contributed by atoms with van der Waals surface area (Å²) < 4.78 is 36.2. The second-order valence-electron chi connectivity index (χ2n) is 3.37. The number of alkyl halides is 3. The zero-order chi connectivity index (χ0) is 13.8. The smallest absolute Gasteiger partial charge is 0.375 e. The van der Waals surface area contributed by atoms with Crippen molar-refractivity contribution in [3.63, 3.8) is 0 Å². The number of nitrogens with one attached hydrogen (secondary N) is 2. The molecule has 0 spiro atoms. The molecule has 8 heteroatoms. The van der Waals surface area contributed by atoms with Gasteiger partial charge in [0.2, 0.25) is 5.91 Å². The minimum atomic E-state index is -4.41.